The van der Waals surface area contributed by atoms with Crippen LogP contribution < -0.4 is 0 Å². The predicted octanol–water partition coefficient (Wildman–Crippen LogP) is 3.58. The fraction of sp³-hybridized carbons (Fsp3) is 0.478. The molecule has 1 aromatic carbocycles. The molecule has 2 amide bonds. The molecule has 3 heterocycles. The van der Waals surface area contributed by atoms with Crippen LogP contribution in [0, 0.1) is 11.7 Å². The molecule has 0 N–H and O–H groups in total. The Balaban J connectivity index is 1.28. The third kappa shape index (κ3) is 3.07. The Bertz CT molecular complexity index is 936. The van der Waals surface area contributed by atoms with Crippen molar-refractivity contribution in [3.8, 4) is 0 Å². The highest BCUT2D eigenvalue weighted by Gasteiger charge is 2.58. The number of halogens is 2. The van der Waals surface area contributed by atoms with Crippen molar-refractivity contribution >= 4 is 11.8 Å². The van der Waals surface area contributed by atoms with E-state index in [0.717, 1.165) is 12.8 Å². The minimum Gasteiger partial charge on any atom is -0.342 e. The third-order valence-electron chi connectivity index (χ3n) is 6.89. The number of nitrogens with zero attached hydrogens (tertiary/aromatic N) is 2. The Labute approximate surface area is 174 Å². The first-order chi connectivity index (χ1) is 14.5. The van der Waals surface area contributed by atoms with Crippen LogP contribution in [0.25, 0.3) is 0 Å². The van der Waals surface area contributed by atoms with Gasteiger partial charge in [0.1, 0.15) is 17.9 Å². The molecule has 5 nitrogen and oxygen atoms in total. The molecule has 0 bridgehead atoms. The topological polar surface area (TPSA) is 49.9 Å². The maximum Gasteiger partial charge on any atom is 0.257 e. The minimum atomic E-state index is -0.928. The number of hydrogen-bond donors (Lipinski definition) is 0. The lowest BCUT2D eigenvalue weighted by Crippen LogP contribution is -2.53. The number of allylic oxidation sites excluding steroid dienone is 3. The Morgan fingerprint density at radius 3 is 2.63 bits per heavy atom. The number of likely N-dealkylation sites (tertiary alicyclic amines) is 1. The number of hydrogen-bond acceptors (Lipinski definition) is 3. The highest BCUT2D eigenvalue weighted by atomic mass is 19.1. The van der Waals surface area contributed by atoms with Gasteiger partial charge in [0.2, 0.25) is 0 Å². The molecule has 3 atom stereocenters. The lowest BCUT2D eigenvalue weighted by Gasteiger charge is -2.38. The molecular formula is C23H24F2N2O3. The van der Waals surface area contributed by atoms with Crippen LogP contribution in [-0.4, -0.2) is 52.6 Å². The summed E-state index contributed by atoms with van der Waals surface area (Å²) in [5, 5.41) is 0. The molecule has 3 aliphatic heterocycles. The van der Waals surface area contributed by atoms with Gasteiger partial charge in [0.15, 0.2) is 5.60 Å². The molecule has 158 valence electrons. The molecule has 0 aromatic heterocycles. The average Bonchev–Trinajstić information content (AvgIpc) is 3.27. The summed E-state index contributed by atoms with van der Waals surface area (Å²) in [5.74, 6) is -1.14. The molecule has 4 aliphatic rings. The molecule has 1 spiro atoms. The van der Waals surface area contributed by atoms with E-state index in [-0.39, 0.29) is 41.4 Å². The number of fused-ring (bicyclic) bond motifs is 1. The molecule has 30 heavy (non-hydrogen) atoms. The van der Waals surface area contributed by atoms with Gasteiger partial charge in [0.05, 0.1) is 5.56 Å². The van der Waals surface area contributed by atoms with Gasteiger partial charge >= 0.3 is 0 Å². The Hall–Kier alpha value is -2.54. The zero-order valence-electron chi connectivity index (χ0n) is 16.6. The summed E-state index contributed by atoms with van der Waals surface area (Å²) < 4.78 is 34.0. The second-order valence-corrected chi connectivity index (χ2v) is 8.56. The summed E-state index contributed by atoms with van der Waals surface area (Å²) in [5.41, 5.74) is -0.880. The second kappa shape index (κ2) is 7.30. The number of carbonyl (C=O) groups excluding carboxylic acids is 2. The quantitative estimate of drug-likeness (QED) is 0.743. The van der Waals surface area contributed by atoms with Crippen LogP contribution in [0.3, 0.4) is 0 Å². The fourth-order valence-corrected chi connectivity index (χ4v) is 5.30. The van der Waals surface area contributed by atoms with Crippen LogP contribution in [0.5, 0.6) is 0 Å². The summed E-state index contributed by atoms with van der Waals surface area (Å²) in [6.07, 6.45) is 7.52. The number of amides is 2. The van der Waals surface area contributed by atoms with E-state index < -0.39 is 11.4 Å². The van der Waals surface area contributed by atoms with Gasteiger partial charge in [-0.2, -0.15) is 0 Å². The molecule has 3 saturated heterocycles. The lowest BCUT2D eigenvalue weighted by molar-refractivity contribution is -0.142. The molecule has 0 saturated carbocycles. The van der Waals surface area contributed by atoms with E-state index in [1.165, 1.54) is 18.2 Å². The van der Waals surface area contributed by atoms with Crippen molar-refractivity contribution in [2.24, 2.45) is 5.92 Å². The molecule has 1 unspecified atom stereocenters. The summed E-state index contributed by atoms with van der Waals surface area (Å²) >= 11 is 0. The van der Waals surface area contributed by atoms with Crippen LogP contribution >= 0.6 is 0 Å². The van der Waals surface area contributed by atoms with E-state index in [9.17, 15) is 18.4 Å². The maximum atomic E-state index is 14.0. The Morgan fingerprint density at radius 2 is 1.90 bits per heavy atom. The molecule has 0 radical (unpaired) electrons. The highest BCUT2D eigenvalue weighted by molar-refractivity contribution is 5.95. The van der Waals surface area contributed by atoms with Gasteiger partial charge in [-0.1, -0.05) is 24.3 Å². The third-order valence-corrected chi connectivity index (χ3v) is 6.89. The summed E-state index contributed by atoms with van der Waals surface area (Å²) in [7, 11) is 0. The van der Waals surface area contributed by atoms with Crippen LogP contribution in [0.4, 0.5) is 8.78 Å². The average molecular weight is 414 g/mol. The lowest BCUT2D eigenvalue weighted by atomic mass is 9.87. The summed E-state index contributed by atoms with van der Waals surface area (Å²) in [4.78, 5) is 29.5. The van der Waals surface area contributed by atoms with Gasteiger partial charge in [-0.15, -0.1) is 0 Å². The van der Waals surface area contributed by atoms with Crippen molar-refractivity contribution in [1.29, 1.82) is 0 Å². The minimum absolute atomic E-state index is 0.0366. The summed E-state index contributed by atoms with van der Waals surface area (Å²) in [6, 6.07) is 5.88. The largest absolute Gasteiger partial charge is 0.342 e. The molecule has 7 heteroatoms. The van der Waals surface area contributed by atoms with Crippen molar-refractivity contribution in [3.63, 3.8) is 0 Å². The predicted molar refractivity (Wildman–Crippen MR) is 105 cm³/mol. The normalized spacial score (nSPS) is 30.0. The molecule has 1 aromatic rings. The van der Waals surface area contributed by atoms with Crippen LogP contribution in [0.15, 0.2) is 48.3 Å². The number of ether oxygens (including phenoxy) is 1. The van der Waals surface area contributed by atoms with Gasteiger partial charge in [-0.05, 0) is 31.1 Å². The Morgan fingerprint density at radius 1 is 1.13 bits per heavy atom. The first-order valence-corrected chi connectivity index (χ1v) is 10.6. The summed E-state index contributed by atoms with van der Waals surface area (Å²) in [6.45, 7) is 0.676. The van der Waals surface area contributed by atoms with E-state index in [2.05, 4.69) is 0 Å². The smallest absolute Gasteiger partial charge is 0.257 e. The van der Waals surface area contributed by atoms with Crippen LogP contribution in [-0.2, 0) is 9.53 Å². The zero-order chi connectivity index (χ0) is 20.9. The fourth-order valence-electron chi connectivity index (χ4n) is 5.30. The van der Waals surface area contributed by atoms with E-state index in [4.69, 9.17) is 4.74 Å². The molecule has 5 rings (SSSR count). The van der Waals surface area contributed by atoms with E-state index >= 15 is 0 Å². The Kier molecular flexibility index (Phi) is 4.73. The molecular weight excluding hydrogens is 390 g/mol. The first-order valence-electron chi connectivity index (χ1n) is 10.6. The van der Waals surface area contributed by atoms with Crippen molar-refractivity contribution < 1.29 is 23.1 Å². The van der Waals surface area contributed by atoms with Gasteiger partial charge in [0, 0.05) is 44.3 Å². The van der Waals surface area contributed by atoms with E-state index in [1.807, 2.05) is 11.0 Å². The van der Waals surface area contributed by atoms with Crippen molar-refractivity contribution in [3.05, 3.63) is 59.7 Å². The van der Waals surface area contributed by atoms with Gasteiger partial charge in [0.25, 0.3) is 11.8 Å². The number of rotatable bonds is 2. The zero-order valence-corrected chi connectivity index (χ0v) is 16.6. The van der Waals surface area contributed by atoms with E-state index in [1.54, 1.807) is 23.1 Å². The highest BCUT2D eigenvalue weighted by Crippen LogP contribution is 2.45. The monoisotopic (exact) mass is 414 g/mol. The van der Waals surface area contributed by atoms with Gasteiger partial charge < -0.3 is 14.5 Å². The van der Waals surface area contributed by atoms with Gasteiger partial charge in [-0.3, -0.25) is 9.59 Å². The van der Waals surface area contributed by atoms with E-state index in [0.29, 0.717) is 32.4 Å². The van der Waals surface area contributed by atoms with Crippen LogP contribution in [0.1, 0.15) is 42.5 Å². The van der Waals surface area contributed by atoms with Gasteiger partial charge in [-0.25, -0.2) is 8.78 Å². The van der Waals surface area contributed by atoms with Crippen molar-refractivity contribution in [1.82, 2.24) is 9.80 Å². The first kappa shape index (κ1) is 19.4. The maximum absolute atomic E-state index is 14.0. The number of benzene rings is 1. The number of carbonyl (C=O) groups is 2. The SMILES string of the molecule is O=C(c1ccccc1F)N1CCC2(CC1)O[C@@H]1CC[C@@H](C3C=CC=C(F)C3)N1C2=O. The second-order valence-electron chi connectivity index (χ2n) is 8.56. The van der Waals surface area contributed by atoms with Crippen molar-refractivity contribution in [2.45, 2.75) is 50.0 Å². The standard InChI is InChI=1S/C23H24F2N2O3/c24-16-5-3-4-15(14-16)19-8-9-20-27(19)22(29)23(30-20)10-12-26(13-11-23)21(28)17-6-1-2-7-18(17)25/h1-7,15,19-20H,8-14H2/t15?,19-,20+/m0/s1. The molecule has 1 aliphatic carbocycles. The molecule has 3 fully saturated rings. The van der Waals surface area contributed by atoms with Crippen LogP contribution in [0.2, 0.25) is 0 Å². The number of piperidine rings is 1. The van der Waals surface area contributed by atoms with Crippen molar-refractivity contribution in [2.75, 3.05) is 13.1 Å².